The Morgan fingerprint density at radius 3 is 2.65 bits per heavy atom. The van der Waals surface area contributed by atoms with Crippen molar-refractivity contribution in [1.29, 1.82) is 0 Å². The molecule has 1 aromatic rings. The normalized spacial score (nSPS) is 11.8. The Labute approximate surface area is 123 Å². The predicted molar refractivity (Wildman–Crippen MR) is 82.8 cm³/mol. The second kappa shape index (κ2) is 7.19. The van der Waals surface area contributed by atoms with Crippen LogP contribution in [0.15, 0.2) is 18.2 Å². The highest BCUT2D eigenvalue weighted by Crippen LogP contribution is 2.18. The van der Waals surface area contributed by atoms with E-state index in [1.807, 2.05) is 20.1 Å². The smallest absolute Gasteiger partial charge is 0.335 e. The van der Waals surface area contributed by atoms with E-state index < -0.39 is 5.97 Å². The third kappa shape index (κ3) is 4.16. The standard InChI is InChI=1S/C14H20N2O3S/c1-9-5-6-11(13(17)18)7-12(9)15-14(19)16(3)10(2)8-20-4/h5-7,10H,8H2,1-4H3,(H,15,19)(H,17,18). The minimum absolute atomic E-state index is 0.105. The average molecular weight is 296 g/mol. The highest BCUT2D eigenvalue weighted by atomic mass is 32.2. The first kappa shape index (κ1) is 16.4. The third-order valence-corrected chi connectivity index (χ3v) is 3.93. The molecule has 1 unspecified atom stereocenters. The number of nitrogens with one attached hydrogen (secondary N) is 1. The van der Waals surface area contributed by atoms with Crippen LogP contribution in [0, 0.1) is 6.92 Å². The van der Waals surface area contributed by atoms with Crippen LogP contribution >= 0.6 is 11.8 Å². The highest BCUT2D eigenvalue weighted by molar-refractivity contribution is 7.98. The fraction of sp³-hybridized carbons (Fsp3) is 0.429. The van der Waals surface area contributed by atoms with E-state index in [0.29, 0.717) is 5.69 Å². The van der Waals surface area contributed by atoms with Crippen LogP contribution in [0.25, 0.3) is 0 Å². The first-order valence-electron chi connectivity index (χ1n) is 6.23. The van der Waals surface area contributed by atoms with Crippen molar-refractivity contribution in [2.75, 3.05) is 24.4 Å². The van der Waals surface area contributed by atoms with Crippen LogP contribution in [0.4, 0.5) is 10.5 Å². The summed E-state index contributed by atoms with van der Waals surface area (Å²) in [5, 5.41) is 11.7. The summed E-state index contributed by atoms with van der Waals surface area (Å²) in [6, 6.07) is 4.55. The number of hydrogen-bond acceptors (Lipinski definition) is 3. The Bertz CT molecular complexity index is 505. The SMILES string of the molecule is CSCC(C)N(C)C(=O)Nc1cc(C(=O)O)ccc1C. The van der Waals surface area contributed by atoms with Gasteiger partial charge in [0.2, 0.25) is 0 Å². The summed E-state index contributed by atoms with van der Waals surface area (Å²) < 4.78 is 0. The fourth-order valence-electron chi connectivity index (χ4n) is 1.65. The molecule has 0 aliphatic heterocycles. The lowest BCUT2D eigenvalue weighted by Crippen LogP contribution is -2.39. The number of hydrogen-bond donors (Lipinski definition) is 2. The first-order valence-corrected chi connectivity index (χ1v) is 7.63. The second-order valence-corrected chi connectivity index (χ2v) is 5.59. The van der Waals surface area contributed by atoms with Crippen molar-refractivity contribution in [1.82, 2.24) is 4.90 Å². The molecule has 0 bridgehead atoms. The van der Waals surface area contributed by atoms with Gasteiger partial charge < -0.3 is 15.3 Å². The van der Waals surface area contributed by atoms with E-state index in [1.54, 1.807) is 29.8 Å². The maximum atomic E-state index is 12.1. The van der Waals surface area contributed by atoms with Crippen LogP contribution in [-0.4, -0.2) is 47.1 Å². The van der Waals surface area contributed by atoms with Crippen LogP contribution in [0.1, 0.15) is 22.8 Å². The number of anilines is 1. The van der Waals surface area contributed by atoms with Crippen molar-refractivity contribution >= 4 is 29.4 Å². The summed E-state index contributed by atoms with van der Waals surface area (Å²) in [5.74, 6) is -0.164. The van der Waals surface area contributed by atoms with E-state index >= 15 is 0 Å². The van der Waals surface area contributed by atoms with Crippen LogP contribution < -0.4 is 5.32 Å². The number of thioether (sulfide) groups is 1. The van der Waals surface area contributed by atoms with Gasteiger partial charge in [0.25, 0.3) is 0 Å². The van der Waals surface area contributed by atoms with Gasteiger partial charge in [-0.25, -0.2) is 9.59 Å². The van der Waals surface area contributed by atoms with Gasteiger partial charge in [0.05, 0.1) is 5.56 Å². The van der Waals surface area contributed by atoms with Crippen molar-refractivity contribution < 1.29 is 14.7 Å². The van der Waals surface area contributed by atoms with Crippen LogP contribution in [0.2, 0.25) is 0 Å². The number of aryl methyl sites for hydroxylation is 1. The first-order chi connectivity index (χ1) is 9.36. The van der Waals surface area contributed by atoms with Crippen LogP contribution in [-0.2, 0) is 0 Å². The lowest BCUT2D eigenvalue weighted by Gasteiger charge is -2.25. The van der Waals surface area contributed by atoms with Gasteiger partial charge in [0.15, 0.2) is 0 Å². The largest absolute Gasteiger partial charge is 0.478 e. The number of nitrogens with zero attached hydrogens (tertiary/aromatic N) is 1. The van der Waals surface area contributed by atoms with Crippen LogP contribution in [0.3, 0.4) is 0 Å². The van der Waals surface area contributed by atoms with Gasteiger partial charge in [-0.05, 0) is 37.8 Å². The summed E-state index contributed by atoms with van der Waals surface area (Å²) in [6.07, 6.45) is 1.99. The summed E-state index contributed by atoms with van der Waals surface area (Å²) in [7, 11) is 1.73. The zero-order chi connectivity index (χ0) is 15.3. The minimum Gasteiger partial charge on any atom is -0.478 e. The number of rotatable bonds is 5. The Morgan fingerprint density at radius 2 is 2.10 bits per heavy atom. The predicted octanol–water partition coefficient (Wildman–Crippen LogP) is 2.91. The van der Waals surface area contributed by atoms with Gasteiger partial charge in [0, 0.05) is 24.5 Å². The molecule has 0 saturated heterocycles. The van der Waals surface area contributed by atoms with Crippen molar-refractivity contribution in [2.24, 2.45) is 0 Å². The number of urea groups is 1. The molecule has 2 amide bonds. The van der Waals surface area contributed by atoms with E-state index in [-0.39, 0.29) is 17.6 Å². The molecule has 1 aromatic carbocycles. The fourth-order valence-corrected chi connectivity index (χ4v) is 2.35. The lowest BCUT2D eigenvalue weighted by atomic mass is 10.1. The molecule has 1 atom stereocenters. The minimum atomic E-state index is -1.01. The van der Waals surface area contributed by atoms with E-state index in [4.69, 9.17) is 5.11 Å². The number of aromatic carboxylic acids is 1. The van der Waals surface area contributed by atoms with Gasteiger partial charge in [0.1, 0.15) is 0 Å². The Morgan fingerprint density at radius 1 is 1.45 bits per heavy atom. The van der Waals surface area contributed by atoms with Gasteiger partial charge in [-0.15, -0.1) is 0 Å². The topological polar surface area (TPSA) is 69.6 Å². The molecule has 2 N–H and O–H groups in total. The van der Waals surface area contributed by atoms with Gasteiger partial charge in [-0.2, -0.15) is 11.8 Å². The molecule has 110 valence electrons. The van der Waals surface area contributed by atoms with Gasteiger partial charge in [-0.1, -0.05) is 6.07 Å². The molecule has 0 aliphatic carbocycles. The molecule has 0 heterocycles. The number of amides is 2. The average Bonchev–Trinajstić information content (AvgIpc) is 2.40. The molecule has 0 aliphatic rings. The quantitative estimate of drug-likeness (QED) is 0.876. The summed E-state index contributed by atoms with van der Waals surface area (Å²) in [5.41, 5.74) is 1.51. The van der Waals surface area contributed by atoms with E-state index in [0.717, 1.165) is 11.3 Å². The monoisotopic (exact) mass is 296 g/mol. The Hall–Kier alpha value is -1.69. The van der Waals surface area contributed by atoms with Crippen molar-refractivity contribution in [3.63, 3.8) is 0 Å². The van der Waals surface area contributed by atoms with E-state index in [9.17, 15) is 9.59 Å². The molecule has 0 fully saturated rings. The highest BCUT2D eigenvalue weighted by Gasteiger charge is 2.16. The van der Waals surface area contributed by atoms with Gasteiger partial charge in [-0.3, -0.25) is 0 Å². The number of carbonyl (C=O) groups is 2. The summed E-state index contributed by atoms with van der Waals surface area (Å²) in [4.78, 5) is 24.7. The molecule has 1 rings (SSSR count). The van der Waals surface area contributed by atoms with E-state index in [2.05, 4.69) is 5.32 Å². The molecule has 5 nitrogen and oxygen atoms in total. The van der Waals surface area contributed by atoms with Crippen molar-refractivity contribution in [3.05, 3.63) is 29.3 Å². The van der Waals surface area contributed by atoms with Crippen molar-refractivity contribution in [3.8, 4) is 0 Å². The Kier molecular flexibility index (Phi) is 5.88. The molecule has 0 aromatic heterocycles. The zero-order valence-electron chi connectivity index (χ0n) is 12.1. The molecule has 0 radical (unpaired) electrons. The zero-order valence-corrected chi connectivity index (χ0v) is 13.0. The molecule has 0 spiro atoms. The number of carboxylic acid groups (broad SMARTS) is 1. The molecule has 20 heavy (non-hydrogen) atoms. The summed E-state index contributed by atoms with van der Waals surface area (Å²) >= 11 is 1.67. The number of carboxylic acids is 1. The summed E-state index contributed by atoms with van der Waals surface area (Å²) in [6.45, 7) is 3.79. The maximum Gasteiger partial charge on any atom is 0.335 e. The van der Waals surface area contributed by atoms with Gasteiger partial charge >= 0.3 is 12.0 Å². The molecular weight excluding hydrogens is 276 g/mol. The van der Waals surface area contributed by atoms with Crippen LogP contribution in [0.5, 0.6) is 0 Å². The number of benzene rings is 1. The van der Waals surface area contributed by atoms with Crippen molar-refractivity contribution in [2.45, 2.75) is 19.9 Å². The third-order valence-electron chi connectivity index (χ3n) is 3.12. The second-order valence-electron chi connectivity index (χ2n) is 4.68. The Balaban J connectivity index is 2.84. The maximum absolute atomic E-state index is 12.1. The molecule has 0 saturated carbocycles. The lowest BCUT2D eigenvalue weighted by molar-refractivity contribution is 0.0697. The molecular formula is C14H20N2O3S. The van der Waals surface area contributed by atoms with E-state index in [1.165, 1.54) is 12.1 Å². The number of carbonyl (C=O) groups excluding carboxylic acids is 1. The molecule has 6 heteroatoms.